The minimum absolute atomic E-state index is 0.613. The van der Waals surface area contributed by atoms with Crippen molar-refractivity contribution in [2.75, 3.05) is 39.3 Å². The van der Waals surface area contributed by atoms with Gasteiger partial charge in [0.25, 0.3) is 0 Å². The number of rotatable bonds is 8. The van der Waals surface area contributed by atoms with E-state index in [1.54, 1.807) is 6.42 Å². The van der Waals surface area contributed by atoms with Crippen LogP contribution in [0.3, 0.4) is 0 Å². The Morgan fingerprint density at radius 2 is 0.770 bits per heavy atom. The quantitative estimate of drug-likeness (QED) is 0.174. The predicted molar refractivity (Wildman–Crippen MR) is 331 cm³/mol. The summed E-state index contributed by atoms with van der Waals surface area (Å²) in [6.45, 7) is 39.4. The zero-order valence-corrected chi connectivity index (χ0v) is 51.2. The van der Waals surface area contributed by atoms with Gasteiger partial charge in [-0.15, -0.1) is 0 Å². The largest absolute Gasteiger partial charge is 0.301 e. The molecule has 0 N–H and O–H groups in total. The van der Waals surface area contributed by atoms with Gasteiger partial charge in [0.2, 0.25) is 0 Å². The number of hydrogen-bond donors (Lipinski definition) is 0. The van der Waals surface area contributed by atoms with Gasteiger partial charge in [-0.05, 0) is 158 Å². The fraction of sp³-hybridized carbons (Fsp3) is 0.667. The molecule has 0 amide bonds. The highest BCUT2D eigenvalue weighted by molar-refractivity contribution is 5.31. The van der Waals surface area contributed by atoms with Gasteiger partial charge in [0.1, 0.15) is 0 Å². The average molecular weight is 1010 g/mol. The van der Waals surface area contributed by atoms with Crippen LogP contribution in [0, 0.1) is 76.0 Å². The van der Waals surface area contributed by atoms with E-state index >= 15 is 0 Å². The van der Waals surface area contributed by atoms with Crippen molar-refractivity contribution in [2.45, 2.75) is 238 Å². The van der Waals surface area contributed by atoms with Crippen LogP contribution in [-0.4, -0.2) is 49.1 Å². The first-order valence-corrected chi connectivity index (χ1v) is 31.0. The SMILES string of the molecule is C1CCCCC1.CC1(C)CCCC(C)(C)C1.CC1CCCC(CC2CCCC(C)C2)C1.CCCN1CCN(CCC)CC1.Cc1ccc(C)cc1.Cc1cccc(C)c1.Cc1cccc(Cc2cccc(C)c2)c1. The van der Waals surface area contributed by atoms with Gasteiger partial charge < -0.3 is 9.80 Å². The van der Waals surface area contributed by atoms with Crippen LogP contribution >= 0.6 is 0 Å². The molecule has 1 aliphatic heterocycles. The molecule has 2 heteroatoms. The van der Waals surface area contributed by atoms with E-state index in [-0.39, 0.29) is 0 Å². The van der Waals surface area contributed by atoms with E-state index in [2.05, 4.69) is 204 Å². The molecule has 0 aromatic heterocycles. The molecule has 0 radical (unpaired) electrons. The van der Waals surface area contributed by atoms with Crippen molar-refractivity contribution in [3.8, 4) is 0 Å². The Hall–Kier alpha value is -3.20. The Bertz CT molecular complexity index is 1850. The van der Waals surface area contributed by atoms with E-state index in [4.69, 9.17) is 0 Å². The summed E-state index contributed by atoms with van der Waals surface area (Å²) in [6, 6.07) is 34.3. The van der Waals surface area contributed by atoms with E-state index in [1.807, 2.05) is 0 Å². The maximum absolute atomic E-state index is 2.58. The second kappa shape index (κ2) is 36.8. The molecule has 5 fully saturated rings. The third kappa shape index (κ3) is 31.1. The Kier molecular flexibility index (Phi) is 32.3. The molecule has 4 aromatic carbocycles. The van der Waals surface area contributed by atoms with Crippen molar-refractivity contribution in [3.05, 3.63) is 142 Å². The molecule has 0 spiro atoms. The minimum Gasteiger partial charge on any atom is -0.301 e. The summed E-state index contributed by atoms with van der Waals surface area (Å²) in [5.41, 5.74) is 12.0. The Balaban J connectivity index is 0.000000232. The molecule has 0 bridgehead atoms. The highest BCUT2D eigenvalue weighted by Crippen LogP contribution is 2.45. The van der Waals surface area contributed by atoms with Crippen molar-refractivity contribution in [2.24, 2.45) is 34.5 Å². The zero-order valence-electron chi connectivity index (χ0n) is 51.2. The van der Waals surface area contributed by atoms with Crippen molar-refractivity contribution >= 4 is 0 Å². The van der Waals surface area contributed by atoms with Crippen LogP contribution in [0.4, 0.5) is 0 Å². The second-order valence-electron chi connectivity index (χ2n) is 26.1. The van der Waals surface area contributed by atoms with Crippen molar-refractivity contribution in [1.82, 2.24) is 9.80 Å². The van der Waals surface area contributed by atoms with E-state index in [1.165, 1.54) is 212 Å². The number of piperazine rings is 1. The van der Waals surface area contributed by atoms with Gasteiger partial charge in [0.05, 0.1) is 0 Å². The molecule has 4 unspecified atom stereocenters. The van der Waals surface area contributed by atoms with E-state index in [9.17, 15) is 0 Å². The number of aryl methyl sites for hydroxylation is 6. The topological polar surface area (TPSA) is 6.48 Å². The number of hydrogen-bond acceptors (Lipinski definition) is 2. The van der Waals surface area contributed by atoms with Gasteiger partial charge in [-0.3, -0.25) is 0 Å². The molecule has 74 heavy (non-hydrogen) atoms. The Morgan fingerprint density at radius 1 is 0.419 bits per heavy atom. The van der Waals surface area contributed by atoms with Crippen LogP contribution in [0.2, 0.25) is 0 Å². The third-order valence-electron chi connectivity index (χ3n) is 16.4. The molecule has 4 saturated carbocycles. The highest BCUT2D eigenvalue weighted by Gasteiger charge is 2.32. The first-order valence-electron chi connectivity index (χ1n) is 31.0. The van der Waals surface area contributed by atoms with Gasteiger partial charge in [-0.25, -0.2) is 0 Å². The van der Waals surface area contributed by atoms with Crippen molar-refractivity contribution in [3.63, 3.8) is 0 Å². The molecular formula is C72H118N2. The van der Waals surface area contributed by atoms with Crippen LogP contribution < -0.4 is 0 Å². The van der Waals surface area contributed by atoms with Crippen LogP contribution in [0.25, 0.3) is 0 Å². The highest BCUT2D eigenvalue weighted by atomic mass is 15.3. The lowest BCUT2D eigenvalue weighted by molar-refractivity contribution is 0.116. The molecule has 1 heterocycles. The smallest absolute Gasteiger partial charge is 0.0110 e. The Morgan fingerprint density at radius 3 is 1.05 bits per heavy atom. The first-order chi connectivity index (χ1) is 35.3. The molecule has 1 saturated heterocycles. The molecular weight excluding hydrogens is 893 g/mol. The molecule has 4 aliphatic carbocycles. The number of benzene rings is 4. The van der Waals surface area contributed by atoms with Crippen LogP contribution in [0.1, 0.15) is 235 Å². The average Bonchev–Trinajstić information content (AvgIpc) is 3.34. The van der Waals surface area contributed by atoms with Gasteiger partial charge in [-0.1, -0.05) is 269 Å². The monoisotopic (exact) mass is 1010 g/mol. The van der Waals surface area contributed by atoms with Gasteiger partial charge in [0, 0.05) is 26.2 Å². The van der Waals surface area contributed by atoms with Crippen molar-refractivity contribution < 1.29 is 0 Å². The number of nitrogens with zero attached hydrogens (tertiary/aromatic N) is 2. The summed E-state index contributed by atoms with van der Waals surface area (Å²) >= 11 is 0. The van der Waals surface area contributed by atoms with Crippen LogP contribution in [0.5, 0.6) is 0 Å². The van der Waals surface area contributed by atoms with E-state index in [0.29, 0.717) is 10.8 Å². The summed E-state index contributed by atoms with van der Waals surface area (Å²) in [6.07, 6.45) is 32.0. The van der Waals surface area contributed by atoms with E-state index in [0.717, 1.165) is 30.1 Å². The van der Waals surface area contributed by atoms with E-state index < -0.39 is 0 Å². The lowest BCUT2D eigenvalue weighted by Gasteiger charge is -2.40. The predicted octanol–water partition coefficient (Wildman–Crippen LogP) is 20.9. The summed E-state index contributed by atoms with van der Waals surface area (Å²) in [7, 11) is 0. The third-order valence-corrected chi connectivity index (χ3v) is 16.4. The lowest BCUT2D eigenvalue weighted by Crippen LogP contribution is -2.46. The fourth-order valence-electron chi connectivity index (χ4n) is 12.8. The van der Waals surface area contributed by atoms with Gasteiger partial charge in [-0.2, -0.15) is 0 Å². The van der Waals surface area contributed by atoms with Crippen LogP contribution in [0.15, 0.2) is 97.1 Å². The lowest BCUT2D eigenvalue weighted by atomic mass is 9.65. The summed E-state index contributed by atoms with van der Waals surface area (Å²) < 4.78 is 0. The standard InChI is InChI=1S/C15H28.C15H16.C10H22N2.C10H20.2C8H10.C6H12/c2*1-12-5-3-7-14(9-12)11-15-8-4-6-13(2)10-15;1-3-5-11-7-9-12(6-4-2)10-8-11;1-9(2)6-5-7-10(3,4)8-9;1-7-3-5-8(2)6-4-7;1-7-4-3-5-8(2)6-7;1-2-4-6-5-3-1/h12-15H,3-11H2,1-2H3;3-10H,11H2,1-2H3;3-10H2,1-2H3;5-8H2,1-4H3;2*3-6H,1-2H3;1-6H2. The molecule has 9 rings (SSSR count). The van der Waals surface area contributed by atoms with Crippen LogP contribution in [-0.2, 0) is 6.42 Å². The second-order valence-corrected chi connectivity index (χ2v) is 26.1. The van der Waals surface area contributed by atoms with Gasteiger partial charge >= 0.3 is 0 Å². The normalized spacial score (nSPS) is 22.2. The maximum Gasteiger partial charge on any atom is 0.0110 e. The molecule has 4 atom stereocenters. The molecule has 2 nitrogen and oxygen atoms in total. The molecule has 4 aromatic rings. The summed E-state index contributed by atoms with van der Waals surface area (Å²) in [4.78, 5) is 5.15. The molecule has 5 aliphatic rings. The van der Waals surface area contributed by atoms with Crippen molar-refractivity contribution in [1.29, 1.82) is 0 Å². The molecule has 416 valence electrons. The maximum atomic E-state index is 2.58. The summed E-state index contributed by atoms with van der Waals surface area (Å²) in [5, 5.41) is 0. The minimum atomic E-state index is 0.613. The summed E-state index contributed by atoms with van der Waals surface area (Å²) in [5.74, 6) is 4.21. The van der Waals surface area contributed by atoms with Gasteiger partial charge in [0.15, 0.2) is 0 Å². The first kappa shape index (κ1) is 65.1. The zero-order chi connectivity index (χ0) is 54.2. The fourth-order valence-corrected chi connectivity index (χ4v) is 12.8. The Labute approximate surface area is 461 Å².